The predicted molar refractivity (Wildman–Crippen MR) is 65.0 cm³/mol. The molecular formula is C13H27NO. The highest BCUT2D eigenvalue weighted by atomic mass is 16.3. The molecule has 1 aliphatic rings. The molecule has 0 amide bonds. The molecule has 0 bridgehead atoms. The zero-order chi connectivity index (χ0) is 11.3. The SMILES string of the molecule is C[C@@H](NCCC(C)(C)O)C1CCCCC1. The summed E-state index contributed by atoms with van der Waals surface area (Å²) in [6, 6.07) is 0.618. The number of hydrogen-bond donors (Lipinski definition) is 2. The van der Waals surface area contributed by atoms with Crippen LogP contribution in [-0.2, 0) is 0 Å². The second-order valence-electron chi connectivity index (χ2n) is 5.70. The number of aliphatic hydroxyl groups is 1. The molecule has 0 radical (unpaired) electrons. The molecule has 0 aromatic rings. The standard InChI is InChI=1S/C13H27NO/c1-11(12-7-5-4-6-8-12)14-10-9-13(2,3)15/h11-12,14-15H,4-10H2,1-3H3/t11-/m1/s1. The van der Waals surface area contributed by atoms with Crippen LogP contribution >= 0.6 is 0 Å². The molecule has 2 nitrogen and oxygen atoms in total. The monoisotopic (exact) mass is 213 g/mol. The van der Waals surface area contributed by atoms with Gasteiger partial charge in [-0.15, -0.1) is 0 Å². The summed E-state index contributed by atoms with van der Waals surface area (Å²) in [6.45, 7) is 6.97. The third-order valence-corrected chi connectivity index (χ3v) is 3.56. The Labute approximate surface area is 94.5 Å². The molecule has 2 N–H and O–H groups in total. The highest BCUT2D eigenvalue weighted by molar-refractivity contribution is 4.77. The largest absolute Gasteiger partial charge is 0.390 e. The van der Waals surface area contributed by atoms with Crippen LogP contribution in [0, 0.1) is 5.92 Å². The topological polar surface area (TPSA) is 32.3 Å². The van der Waals surface area contributed by atoms with Crippen LogP contribution in [-0.4, -0.2) is 23.3 Å². The lowest BCUT2D eigenvalue weighted by Crippen LogP contribution is -2.37. The van der Waals surface area contributed by atoms with E-state index in [1.807, 2.05) is 13.8 Å². The van der Waals surface area contributed by atoms with Gasteiger partial charge in [-0.3, -0.25) is 0 Å². The van der Waals surface area contributed by atoms with Gasteiger partial charge in [0.2, 0.25) is 0 Å². The van der Waals surface area contributed by atoms with E-state index in [0.29, 0.717) is 6.04 Å². The van der Waals surface area contributed by atoms with Gasteiger partial charge in [-0.25, -0.2) is 0 Å². The van der Waals surface area contributed by atoms with Gasteiger partial charge in [0.1, 0.15) is 0 Å². The van der Waals surface area contributed by atoms with Gasteiger partial charge in [0.15, 0.2) is 0 Å². The number of nitrogens with one attached hydrogen (secondary N) is 1. The van der Waals surface area contributed by atoms with E-state index in [1.54, 1.807) is 0 Å². The highest BCUT2D eigenvalue weighted by Crippen LogP contribution is 2.26. The molecule has 1 saturated carbocycles. The van der Waals surface area contributed by atoms with Crippen LogP contribution in [0.3, 0.4) is 0 Å². The third kappa shape index (κ3) is 5.53. The van der Waals surface area contributed by atoms with Crippen molar-refractivity contribution in [2.45, 2.75) is 70.9 Å². The van der Waals surface area contributed by atoms with E-state index in [0.717, 1.165) is 18.9 Å². The minimum Gasteiger partial charge on any atom is -0.390 e. The third-order valence-electron chi connectivity index (χ3n) is 3.56. The summed E-state index contributed by atoms with van der Waals surface area (Å²) >= 11 is 0. The second-order valence-corrected chi connectivity index (χ2v) is 5.70. The first kappa shape index (κ1) is 13.0. The lowest BCUT2D eigenvalue weighted by Gasteiger charge is -2.29. The minimum atomic E-state index is -0.528. The van der Waals surface area contributed by atoms with Crippen molar-refractivity contribution < 1.29 is 5.11 Å². The first-order valence-corrected chi connectivity index (χ1v) is 6.45. The van der Waals surface area contributed by atoms with Crippen LogP contribution < -0.4 is 5.32 Å². The average molecular weight is 213 g/mol. The van der Waals surface area contributed by atoms with Gasteiger partial charge in [0, 0.05) is 6.04 Å². The van der Waals surface area contributed by atoms with Crippen molar-refractivity contribution in [3.63, 3.8) is 0 Å². The van der Waals surface area contributed by atoms with Gasteiger partial charge in [-0.1, -0.05) is 19.3 Å². The molecule has 15 heavy (non-hydrogen) atoms. The normalized spacial score (nSPS) is 21.6. The second kappa shape index (κ2) is 5.86. The quantitative estimate of drug-likeness (QED) is 0.736. The lowest BCUT2D eigenvalue weighted by molar-refractivity contribution is 0.0695. The van der Waals surface area contributed by atoms with Crippen molar-refractivity contribution in [2.75, 3.05) is 6.54 Å². The van der Waals surface area contributed by atoms with Crippen LogP contribution in [0.2, 0.25) is 0 Å². The van der Waals surface area contributed by atoms with E-state index in [2.05, 4.69) is 12.2 Å². The molecule has 1 rings (SSSR count). The maximum absolute atomic E-state index is 9.60. The van der Waals surface area contributed by atoms with E-state index < -0.39 is 5.60 Å². The van der Waals surface area contributed by atoms with E-state index in [9.17, 15) is 5.11 Å². The van der Waals surface area contributed by atoms with Gasteiger partial charge in [0.05, 0.1) is 5.60 Å². The van der Waals surface area contributed by atoms with Gasteiger partial charge in [0.25, 0.3) is 0 Å². The molecule has 2 heteroatoms. The van der Waals surface area contributed by atoms with E-state index in [-0.39, 0.29) is 0 Å². The summed E-state index contributed by atoms with van der Waals surface area (Å²) in [4.78, 5) is 0. The Bertz CT molecular complexity index is 168. The fraction of sp³-hybridized carbons (Fsp3) is 1.00. The van der Waals surface area contributed by atoms with Gasteiger partial charge in [-0.2, -0.15) is 0 Å². The zero-order valence-corrected chi connectivity index (χ0v) is 10.6. The first-order valence-electron chi connectivity index (χ1n) is 6.45. The molecule has 0 aromatic carbocycles. The maximum atomic E-state index is 9.60. The van der Waals surface area contributed by atoms with Crippen LogP contribution in [0.25, 0.3) is 0 Å². The van der Waals surface area contributed by atoms with Crippen molar-refractivity contribution in [2.24, 2.45) is 5.92 Å². The lowest BCUT2D eigenvalue weighted by atomic mass is 9.84. The van der Waals surface area contributed by atoms with Crippen LogP contribution in [0.5, 0.6) is 0 Å². The molecule has 0 saturated heterocycles. The average Bonchev–Trinajstić information content (AvgIpc) is 2.17. The van der Waals surface area contributed by atoms with Crippen molar-refractivity contribution >= 4 is 0 Å². The molecule has 0 aromatic heterocycles. The summed E-state index contributed by atoms with van der Waals surface area (Å²) in [5.41, 5.74) is -0.528. The molecular weight excluding hydrogens is 186 g/mol. The fourth-order valence-corrected chi connectivity index (χ4v) is 2.41. The maximum Gasteiger partial charge on any atom is 0.0603 e. The Balaban J connectivity index is 2.14. The molecule has 0 unspecified atom stereocenters. The van der Waals surface area contributed by atoms with Crippen LogP contribution in [0.4, 0.5) is 0 Å². The van der Waals surface area contributed by atoms with E-state index >= 15 is 0 Å². The Hall–Kier alpha value is -0.0800. The summed E-state index contributed by atoms with van der Waals surface area (Å²) in [7, 11) is 0. The molecule has 1 aliphatic carbocycles. The van der Waals surface area contributed by atoms with Gasteiger partial charge < -0.3 is 10.4 Å². The van der Waals surface area contributed by atoms with Gasteiger partial charge in [-0.05, 0) is 52.5 Å². The van der Waals surface area contributed by atoms with Crippen molar-refractivity contribution in [1.82, 2.24) is 5.32 Å². The molecule has 1 fully saturated rings. The summed E-state index contributed by atoms with van der Waals surface area (Å²) in [5, 5.41) is 13.1. The highest BCUT2D eigenvalue weighted by Gasteiger charge is 2.20. The van der Waals surface area contributed by atoms with Crippen LogP contribution in [0.15, 0.2) is 0 Å². The fourth-order valence-electron chi connectivity index (χ4n) is 2.41. The number of hydrogen-bond acceptors (Lipinski definition) is 2. The van der Waals surface area contributed by atoms with Crippen molar-refractivity contribution in [1.29, 1.82) is 0 Å². The van der Waals surface area contributed by atoms with Crippen LogP contribution in [0.1, 0.15) is 59.3 Å². The first-order chi connectivity index (χ1) is 6.99. The Morgan fingerprint density at radius 1 is 1.27 bits per heavy atom. The zero-order valence-electron chi connectivity index (χ0n) is 10.6. The Kier molecular flexibility index (Phi) is 5.07. The number of rotatable bonds is 5. The van der Waals surface area contributed by atoms with Crippen molar-refractivity contribution in [3.05, 3.63) is 0 Å². The minimum absolute atomic E-state index is 0.528. The van der Waals surface area contributed by atoms with Crippen molar-refractivity contribution in [3.8, 4) is 0 Å². The molecule has 90 valence electrons. The predicted octanol–water partition coefficient (Wildman–Crippen LogP) is 2.71. The molecule has 0 heterocycles. The molecule has 0 spiro atoms. The summed E-state index contributed by atoms with van der Waals surface area (Å²) in [6.07, 6.45) is 7.84. The summed E-state index contributed by atoms with van der Waals surface area (Å²) < 4.78 is 0. The van der Waals surface area contributed by atoms with E-state index in [4.69, 9.17) is 0 Å². The Morgan fingerprint density at radius 2 is 1.87 bits per heavy atom. The molecule has 1 atom stereocenters. The smallest absolute Gasteiger partial charge is 0.0603 e. The van der Waals surface area contributed by atoms with Gasteiger partial charge >= 0.3 is 0 Å². The molecule has 0 aliphatic heterocycles. The summed E-state index contributed by atoms with van der Waals surface area (Å²) in [5.74, 6) is 0.862. The Morgan fingerprint density at radius 3 is 2.40 bits per heavy atom. The van der Waals surface area contributed by atoms with E-state index in [1.165, 1.54) is 32.1 Å².